The summed E-state index contributed by atoms with van der Waals surface area (Å²) in [6.45, 7) is 2.68. The molecule has 1 aromatic carbocycles. The van der Waals surface area contributed by atoms with E-state index in [1.807, 2.05) is 13.0 Å². The highest BCUT2D eigenvalue weighted by Gasteiger charge is 2.14. The molecule has 7 heteroatoms. The Morgan fingerprint density at radius 2 is 1.81 bits per heavy atom. The zero-order valence-corrected chi connectivity index (χ0v) is 12.2. The number of nitrogens with zero attached hydrogens (tertiary/aromatic N) is 2. The van der Waals surface area contributed by atoms with Gasteiger partial charge in [0.15, 0.2) is 11.5 Å². The first-order valence-corrected chi connectivity index (χ1v) is 6.45. The number of ether oxygens (including phenoxy) is 3. The van der Waals surface area contributed by atoms with Gasteiger partial charge in [0.05, 0.1) is 14.2 Å². The number of nitrogens with one attached hydrogen (secondary N) is 1. The Labute approximate surface area is 123 Å². The second-order valence-corrected chi connectivity index (χ2v) is 4.07. The second kappa shape index (κ2) is 6.65. The quantitative estimate of drug-likeness (QED) is 0.843. The van der Waals surface area contributed by atoms with Crippen molar-refractivity contribution in [2.24, 2.45) is 0 Å². The SMILES string of the molecule is CCNc1cc(Oc2c(OC)cccc2OC)nc(N)n1. The molecule has 3 N–H and O–H groups in total. The lowest BCUT2D eigenvalue weighted by Gasteiger charge is -2.14. The Hall–Kier alpha value is -2.70. The van der Waals surface area contributed by atoms with Crippen molar-refractivity contribution in [3.8, 4) is 23.1 Å². The number of para-hydroxylation sites is 1. The van der Waals surface area contributed by atoms with Gasteiger partial charge in [-0.2, -0.15) is 9.97 Å². The molecule has 0 aliphatic heterocycles. The summed E-state index contributed by atoms with van der Waals surface area (Å²) in [5.74, 6) is 2.53. The normalized spacial score (nSPS) is 10.0. The maximum absolute atomic E-state index is 5.77. The van der Waals surface area contributed by atoms with Crippen LogP contribution >= 0.6 is 0 Å². The van der Waals surface area contributed by atoms with Crippen LogP contribution in [0.3, 0.4) is 0 Å². The molecular formula is C14H18N4O3. The van der Waals surface area contributed by atoms with Gasteiger partial charge in [-0.3, -0.25) is 0 Å². The lowest BCUT2D eigenvalue weighted by atomic mass is 10.3. The Balaban J connectivity index is 2.37. The van der Waals surface area contributed by atoms with Crippen LogP contribution in [0.1, 0.15) is 6.92 Å². The minimum absolute atomic E-state index is 0.123. The summed E-state index contributed by atoms with van der Waals surface area (Å²) in [5.41, 5.74) is 5.68. The van der Waals surface area contributed by atoms with Gasteiger partial charge in [0, 0.05) is 12.6 Å². The Bertz CT molecular complexity index is 597. The highest BCUT2D eigenvalue weighted by molar-refractivity contribution is 5.53. The van der Waals surface area contributed by atoms with E-state index in [1.54, 1.807) is 32.4 Å². The van der Waals surface area contributed by atoms with E-state index in [-0.39, 0.29) is 5.95 Å². The third kappa shape index (κ3) is 3.44. The van der Waals surface area contributed by atoms with Crippen molar-refractivity contribution in [3.05, 3.63) is 24.3 Å². The second-order valence-electron chi connectivity index (χ2n) is 4.07. The van der Waals surface area contributed by atoms with E-state index in [1.165, 1.54) is 0 Å². The average Bonchev–Trinajstić information content (AvgIpc) is 2.47. The molecule has 0 saturated carbocycles. The van der Waals surface area contributed by atoms with Crippen molar-refractivity contribution in [2.45, 2.75) is 6.92 Å². The summed E-state index contributed by atoms with van der Waals surface area (Å²) in [6.07, 6.45) is 0. The zero-order valence-electron chi connectivity index (χ0n) is 12.2. The highest BCUT2D eigenvalue weighted by atomic mass is 16.5. The molecule has 112 valence electrons. The first-order valence-electron chi connectivity index (χ1n) is 6.45. The molecule has 0 spiro atoms. The molecule has 0 radical (unpaired) electrons. The summed E-state index contributed by atoms with van der Waals surface area (Å²) in [5, 5.41) is 3.06. The predicted octanol–water partition coefficient (Wildman–Crippen LogP) is 2.30. The summed E-state index contributed by atoms with van der Waals surface area (Å²) in [6, 6.07) is 7.01. The smallest absolute Gasteiger partial charge is 0.226 e. The maximum Gasteiger partial charge on any atom is 0.226 e. The van der Waals surface area contributed by atoms with Crippen molar-refractivity contribution in [2.75, 3.05) is 31.8 Å². The van der Waals surface area contributed by atoms with E-state index in [0.29, 0.717) is 35.5 Å². The van der Waals surface area contributed by atoms with Gasteiger partial charge >= 0.3 is 0 Å². The molecule has 0 aliphatic carbocycles. The molecule has 0 aliphatic rings. The van der Waals surface area contributed by atoms with E-state index >= 15 is 0 Å². The van der Waals surface area contributed by atoms with Crippen LogP contribution in [0.2, 0.25) is 0 Å². The van der Waals surface area contributed by atoms with Crippen molar-refractivity contribution in [1.29, 1.82) is 0 Å². The van der Waals surface area contributed by atoms with Crippen molar-refractivity contribution >= 4 is 11.8 Å². The molecule has 2 rings (SSSR count). The van der Waals surface area contributed by atoms with Gasteiger partial charge in [-0.1, -0.05) is 6.07 Å². The van der Waals surface area contributed by atoms with E-state index in [2.05, 4.69) is 15.3 Å². The minimum Gasteiger partial charge on any atom is -0.493 e. The monoisotopic (exact) mass is 290 g/mol. The molecule has 0 unspecified atom stereocenters. The van der Waals surface area contributed by atoms with Crippen LogP contribution in [-0.2, 0) is 0 Å². The molecule has 0 atom stereocenters. The molecule has 1 heterocycles. The summed E-state index contributed by atoms with van der Waals surface area (Å²) in [7, 11) is 3.11. The number of methoxy groups -OCH3 is 2. The standard InChI is InChI=1S/C14H18N4O3/c1-4-16-11-8-12(18-14(15)17-11)21-13-9(19-2)6-5-7-10(13)20-3/h5-8H,4H2,1-3H3,(H3,15,16,17,18). The van der Waals surface area contributed by atoms with Crippen LogP contribution in [0.4, 0.5) is 11.8 Å². The fraction of sp³-hybridized carbons (Fsp3) is 0.286. The summed E-state index contributed by atoms with van der Waals surface area (Å²) >= 11 is 0. The van der Waals surface area contributed by atoms with E-state index in [9.17, 15) is 0 Å². The highest BCUT2D eigenvalue weighted by Crippen LogP contribution is 2.39. The number of nitrogens with two attached hydrogens (primary N) is 1. The number of aromatic nitrogens is 2. The van der Waals surface area contributed by atoms with Crippen LogP contribution in [0.5, 0.6) is 23.1 Å². The number of nitrogen functional groups attached to an aromatic ring is 1. The number of anilines is 2. The van der Waals surface area contributed by atoms with Crippen LogP contribution in [0.15, 0.2) is 24.3 Å². The van der Waals surface area contributed by atoms with Gasteiger partial charge in [0.2, 0.25) is 17.6 Å². The van der Waals surface area contributed by atoms with Crippen molar-refractivity contribution in [3.63, 3.8) is 0 Å². The first kappa shape index (κ1) is 14.7. The van der Waals surface area contributed by atoms with E-state index in [0.717, 1.165) is 0 Å². The Morgan fingerprint density at radius 1 is 1.14 bits per heavy atom. The Morgan fingerprint density at radius 3 is 2.38 bits per heavy atom. The number of hydrogen-bond acceptors (Lipinski definition) is 7. The molecule has 0 fully saturated rings. The van der Waals surface area contributed by atoms with E-state index in [4.69, 9.17) is 19.9 Å². The van der Waals surface area contributed by atoms with Crippen molar-refractivity contribution < 1.29 is 14.2 Å². The molecule has 0 bridgehead atoms. The zero-order chi connectivity index (χ0) is 15.2. The fourth-order valence-corrected chi connectivity index (χ4v) is 1.79. The van der Waals surface area contributed by atoms with Gasteiger partial charge in [-0.25, -0.2) is 0 Å². The molecule has 7 nitrogen and oxygen atoms in total. The third-order valence-corrected chi connectivity index (χ3v) is 2.67. The largest absolute Gasteiger partial charge is 0.493 e. The fourth-order valence-electron chi connectivity index (χ4n) is 1.79. The maximum atomic E-state index is 5.77. The van der Waals surface area contributed by atoms with Crippen LogP contribution < -0.4 is 25.3 Å². The predicted molar refractivity (Wildman–Crippen MR) is 80.2 cm³/mol. The first-order chi connectivity index (χ1) is 10.2. The Kier molecular flexibility index (Phi) is 4.65. The van der Waals surface area contributed by atoms with Crippen LogP contribution in [0.25, 0.3) is 0 Å². The molecule has 2 aromatic rings. The van der Waals surface area contributed by atoms with Crippen LogP contribution in [0, 0.1) is 0 Å². The molecule has 0 amide bonds. The van der Waals surface area contributed by atoms with Gasteiger partial charge < -0.3 is 25.3 Å². The lowest BCUT2D eigenvalue weighted by Crippen LogP contribution is -2.04. The number of benzene rings is 1. The topological polar surface area (TPSA) is 91.5 Å². The van der Waals surface area contributed by atoms with Gasteiger partial charge in [0.1, 0.15) is 5.82 Å². The van der Waals surface area contributed by atoms with Gasteiger partial charge in [-0.05, 0) is 19.1 Å². The lowest BCUT2D eigenvalue weighted by molar-refractivity contribution is 0.342. The average molecular weight is 290 g/mol. The number of rotatable bonds is 6. The van der Waals surface area contributed by atoms with Crippen molar-refractivity contribution in [1.82, 2.24) is 9.97 Å². The summed E-state index contributed by atoms with van der Waals surface area (Å²) < 4.78 is 16.3. The van der Waals surface area contributed by atoms with Gasteiger partial charge in [0.25, 0.3) is 0 Å². The minimum atomic E-state index is 0.123. The third-order valence-electron chi connectivity index (χ3n) is 2.67. The van der Waals surface area contributed by atoms with Gasteiger partial charge in [-0.15, -0.1) is 0 Å². The van der Waals surface area contributed by atoms with Crippen LogP contribution in [-0.4, -0.2) is 30.7 Å². The molecule has 21 heavy (non-hydrogen) atoms. The molecular weight excluding hydrogens is 272 g/mol. The summed E-state index contributed by atoms with van der Waals surface area (Å²) in [4.78, 5) is 8.12. The van der Waals surface area contributed by atoms with E-state index < -0.39 is 0 Å². The number of hydrogen-bond donors (Lipinski definition) is 2. The molecule has 0 saturated heterocycles. The molecule has 1 aromatic heterocycles.